The smallest absolute Gasteiger partial charge is 0.277 e. The molecule has 0 radical (unpaired) electrons. The topological polar surface area (TPSA) is 62.9 Å². The Balaban J connectivity index is 1.14. The summed E-state index contributed by atoms with van der Waals surface area (Å²) in [5.41, 5.74) is 5.78. The van der Waals surface area contributed by atoms with Gasteiger partial charge in [0.25, 0.3) is 11.5 Å². The summed E-state index contributed by atoms with van der Waals surface area (Å²) in [5, 5.41) is 4.62. The highest BCUT2D eigenvalue weighted by atomic mass is 16.2. The van der Waals surface area contributed by atoms with E-state index in [1.54, 1.807) is 15.3 Å². The van der Waals surface area contributed by atoms with E-state index in [4.69, 9.17) is 0 Å². The van der Waals surface area contributed by atoms with Gasteiger partial charge in [-0.2, -0.15) is 5.10 Å². The fourth-order valence-corrected chi connectivity index (χ4v) is 5.32. The molecule has 2 aromatic carbocycles. The number of fused-ring (bicyclic) bond motifs is 3. The summed E-state index contributed by atoms with van der Waals surface area (Å²) >= 11 is 0. The van der Waals surface area contributed by atoms with Crippen molar-refractivity contribution < 1.29 is 4.79 Å². The molecule has 0 unspecified atom stereocenters. The number of carbonyl (C=O) groups excluding carboxylic acids is 1. The first kappa shape index (κ1) is 21.6. The predicted molar refractivity (Wildman–Crippen MR) is 136 cm³/mol. The molecule has 4 aromatic rings. The second-order valence-electron chi connectivity index (χ2n) is 9.47. The lowest BCUT2D eigenvalue weighted by atomic mass is 9.97. The molecule has 7 heteroatoms. The molecule has 2 aliphatic rings. The first-order chi connectivity index (χ1) is 17.2. The van der Waals surface area contributed by atoms with Crippen molar-refractivity contribution in [1.29, 1.82) is 0 Å². The summed E-state index contributed by atoms with van der Waals surface area (Å²) in [5.74, 6) is 0.0636. The lowest BCUT2D eigenvalue weighted by Gasteiger charge is -2.36. The molecule has 0 bridgehead atoms. The lowest BCUT2D eigenvalue weighted by Crippen LogP contribution is -2.48. The van der Waals surface area contributed by atoms with E-state index in [1.807, 2.05) is 53.6 Å². The summed E-state index contributed by atoms with van der Waals surface area (Å²) in [6, 6.07) is 18.0. The molecular formula is C28H29N5O2. The van der Waals surface area contributed by atoms with Gasteiger partial charge in [-0.05, 0) is 55.5 Å². The quantitative estimate of drug-likeness (QED) is 0.462. The number of amides is 1. The summed E-state index contributed by atoms with van der Waals surface area (Å²) < 4.78 is 3.49. The van der Waals surface area contributed by atoms with Crippen molar-refractivity contribution in [3.05, 3.63) is 99.7 Å². The minimum Gasteiger partial charge on any atom is -0.368 e. The second-order valence-corrected chi connectivity index (χ2v) is 9.47. The van der Waals surface area contributed by atoms with Gasteiger partial charge in [-0.1, -0.05) is 30.3 Å². The predicted octanol–water partition coefficient (Wildman–Crippen LogP) is 3.39. The Kier molecular flexibility index (Phi) is 5.60. The highest BCUT2D eigenvalue weighted by molar-refractivity contribution is 5.94. The van der Waals surface area contributed by atoms with Gasteiger partial charge in [-0.15, -0.1) is 0 Å². The molecule has 6 rings (SSSR count). The Morgan fingerprint density at radius 2 is 1.60 bits per heavy atom. The van der Waals surface area contributed by atoms with Crippen LogP contribution in [0.15, 0.2) is 71.8 Å². The van der Waals surface area contributed by atoms with Crippen molar-refractivity contribution in [1.82, 2.24) is 19.1 Å². The standard InChI is InChI=1S/C28H29N5O2/c34-27(31-16-14-30(15-17-31)23-6-2-1-3-7-23)22-12-10-21(11-13-22)20-32-18-19-33-26(28(32)35)24-8-4-5-9-25(24)29-33/h1-3,6-7,10-13,18-19H,4-5,8-9,14-17,20H2. The van der Waals surface area contributed by atoms with E-state index < -0.39 is 0 Å². The fraction of sp³-hybridized carbons (Fsp3) is 0.321. The molecule has 1 aliphatic carbocycles. The number of para-hydroxylation sites is 1. The highest BCUT2D eigenvalue weighted by Gasteiger charge is 2.23. The van der Waals surface area contributed by atoms with Crippen LogP contribution >= 0.6 is 0 Å². The van der Waals surface area contributed by atoms with Gasteiger partial charge in [-0.3, -0.25) is 9.59 Å². The average Bonchev–Trinajstić information content (AvgIpc) is 3.30. The SMILES string of the molecule is O=C(c1ccc(Cn2ccn3nc4c(c3c2=O)CCCC4)cc1)N1CCN(c2ccccc2)CC1. The van der Waals surface area contributed by atoms with Crippen molar-refractivity contribution in [2.24, 2.45) is 0 Å². The Hall–Kier alpha value is -3.87. The molecule has 1 amide bonds. The van der Waals surface area contributed by atoms with Crippen LogP contribution in [0.2, 0.25) is 0 Å². The minimum atomic E-state index is -0.000380. The monoisotopic (exact) mass is 467 g/mol. The zero-order valence-electron chi connectivity index (χ0n) is 19.8. The van der Waals surface area contributed by atoms with Crippen LogP contribution in [0.4, 0.5) is 5.69 Å². The zero-order chi connectivity index (χ0) is 23.8. The third kappa shape index (κ3) is 4.11. The van der Waals surface area contributed by atoms with Crippen molar-refractivity contribution in [3.8, 4) is 0 Å². The molecule has 0 atom stereocenters. The van der Waals surface area contributed by atoms with E-state index in [0.29, 0.717) is 30.7 Å². The lowest BCUT2D eigenvalue weighted by molar-refractivity contribution is 0.0747. The number of hydrogen-bond acceptors (Lipinski definition) is 4. The molecule has 1 aliphatic heterocycles. The summed E-state index contributed by atoms with van der Waals surface area (Å²) in [7, 11) is 0. The van der Waals surface area contributed by atoms with Crippen LogP contribution in [0.1, 0.15) is 40.0 Å². The van der Waals surface area contributed by atoms with Crippen LogP contribution in [0, 0.1) is 0 Å². The van der Waals surface area contributed by atoms with Gasteiger partial charge < -0.3 is 14.4 Å². The van der Waals surface area contributed by atoms with Gasteiger partial charge in [0.05, 0.1) is 12.2 Å². The number of nitrogens with zero attached hydrogens (tertiary/aromatic N) is 5. The van der Waals surface area contributed by atoms with Crippen molar-refractivity contribution in [2.45, 2.75) is 32.2 Å². The average molecular weight is 468 g/mol. The Bertz CT molecular complexity index is 1410. The minimum absolute atomic E-state index is 0.000380. The van der Waals surface area contributed by atoms with Crippen LogP contribution < -0.4 is 10.5 Å². The molecule has 7 nitrogen and oxygen atoms in total. The molecule has 0 N–H and O–H groups in total. The van der Waals surface area contributed by atoms with Gasteiger partial charge in [0.15, 0.2) is 0 Å². The first-order valence-corrected chi connectivity index (χ1v) is 12.4. The zero-order valence-corrected chi connectivity index (χ0v) is 19.8. The Labute approximate surface area is 204 Å². The fourth-order valence-electron chi connectivity index (χ4n) is 5.32. The summed E-state index contributed by atoms with van der Waals surface area (Å²) in [4.78, 5) is 30.5. The van der Waals surface area contributed by atoms with Gasteiger partial charge in [0, 0.05) is 55.4 Å². The van der Waals surface area contributed by atoms with E-state index in [-0.39, 0.29) is 11.5 Å². The number of aromatic nitrogens is 3. The number of rotatable bonds is 4. The largest absolute Gasteiger partial charge is 0.368 e. The number of benzene rings is 2. The van der Waals surface area contributed by atoms with Gasteiger partial charge >= 0.3 is 0 Å². The summed E-state index contributed by atoms with van der Waals surface area (Å²) in [6.45, 7) is 3.55. The van der Waals surface area contributed by atoms with Crippen LogP contribution in [0.3, 0.4) is 0 Å². The Morgan fingerprint density at radius 1 is 0.857 bits per heavy atom. The molecule has 2 aromatic heterocycles. The molecule has 0 saturated carbocycles. The van der Waals surface area contributed by atoms with Crippen molar-refractivity contribution in [2.75, 3.05) is 31.1 Å². The van der Waals surface area contributed by atoms with Crippen molar-refractivity contribution in [3.63, 3.8) is 0 Å². The third-order valence-electron chi connectivity index (χ3n) is 7.28. The van der Waals surface area contributed by atoms with E-state index in [9.17, 15) is 9.59 Å². The number of piperazine rings is 1. The number of carbonyl (C=O) groups is 1. The number of anilines is 1. The Morgan fingerprint density at radius 3 is 2.37 bits per heavy atom. The van der Waals surface area contributed by atoms with Crippen LogP contribution in [-0.2, 0) is 19.4 Å². The molecule has 1 saturated heterocycles. The maximum Gasteiger partial charge on any atom is 0.277 e. The maximum atomic E-state index is 13.2. The molecule has 0 spiro atoms. The molecular weight excluding hydrogens is 438 g/mol. The van der Waals surface area contributed by atoms with Gasteiger partial charge in [0.1, 0.15) is 5.52 Å². The number of hydrogen-bond donors (Lipinski definition) is 0. The summed E-state index contributed by atoms with van der Waals surface area (Å²) in [6.07, 6.45) is 7.81. The molecule has 1 fully saturated rings. The number of aryl methyl sites for hydroxylation is 2. The first-order valence-electron chi connectivity index (χ1n) is 12.4. The highest BCUT2D eigenvalue weighted by Crippen LogP contribution is 2.23. The van der Waals surface area contributed by atoms with E-state index >= 15 is 0 Å². The second kappa shape index (κ2) is 9.06. The van der Waals surface area contributed by atoms with Crippen LogP contribution in [-0.4, -0.2) is 51.2 Å². The van der Waals surface area contributed by atoms with Gasteiger partial charge in [0.2, 0.25) is 0 Å². The van der Waals surface area contributed by atoms with Crippen LogP contribution in [0.5, 0.6) is 0 Å². The van der Waals surface area contributed by atoms with Crippen LogP contribution in [0.25, 0.3) is 5.52 Å². The molecule has 178 valence electrons. The normalized spacial score (nSPS) is 15.9. The third-order valence-corrected chi connectivity index (χ3v) is 7.28. The molecule has 3 heterocycles. The van der Waals surface area contributed by atoms with Gasteiger partial charge in [-0.25, -0.2) is 4.52 Å². The van der Waals surface area contributed by atoms with E-state index in [0.717, 1.165) is 55.6 Å². The van der Waals surface area contributed by atoms with E-state index in [1.165, 1.54) is 5.69 Å². The molecule has 35 heavy (non-hydrogen) atoms. The van der Waals surface area contributed by atoms with E-state index in [2.05, 4.69) is 22.1 Å². The maximum absolute atomic E-state index is 13.2. The van der Waals surface area contributed by atoms with Crippen molar-refractivity contribution >= 4 is 17.1 Å².